The van der Waals surface area contributed by atoms with Gasteiger partial charge in [-0.1, -0.05) is 6.92 Å². The lowest BCUT2D eigenvalue weighted by molar-refractivity contribution is -0.113. The molecule has 0 aromatic rings. The Kier molecular flexibility index (Phi) is 7.83. The minimum absolute atomic E-state index is 0.0241. The highest BCUT2D eigenvalue weighted by molar-refractivity contribution is 4.35. The first-order valence-electron chi connectivity index (χ1n) is 3.79. The first-order valence-corrected chi connectivity index (χ1v) is 3.79. The Morgan fingerprint density at radius 1 is 1.27 bits per heavy atom. The molecule has 0 aliphatic carbocycles. The molecular formula is C7H16O4. The van der Waals surface area contributed by atoms with Gasteiger partial charge in [-0.3, -0.25) is 0 Å². The van der Waals surface area contributed by atoms with Crippen molar-refractivity contribution in [1.29, 1.82) is 0 Å². The first kappa shape index (κ1) is 10.8. The quantitative estimate of drug-likeness (QED) is 0.402. The van der Waals surface area contributed by atoms with Gasteiger partial charge in [0.05, 0.1) is 26.4 Å². The normalized spacial score (nSPS) is 13.4. The fourth-order valence-electron chi connectivity index (χ4n) is 0.528. The van der Waals surface area contributed by atoms with Gasteiger partial charge in [0, 0.05) is 0 Å². The lowest BCUT2D eigenvalue weighted by Gasteiger charge is -2.08. The monoisotopic (exact) mass is 164 g/mol. The smallest absolute Gasteiger partial charge is 0.154 e. The molecule has 4 heteroatoms. The van der Waals surface area contributed by atoms with Gasteiger partial charge in [0.1, 0.15) is 0 Å². The highest BCUT2D eigenvalue weighted by Gasteiger charge is 1.97. The third kappa shape index (κ3) is 7.74. The number of aliphatic hydroxyl groups is 2. The van der Waals surface area contributed by atoms with E-state index in [1.807, 2.05) is 6.92 Å². The summed E-state index contributed by atoms with van der Waals surface area (Å²) in [4.78, 5) is 0. The van der Waals surface area contributed by atoms with Gasteiger partial charge >= 0.3 is 0 Å². The number of hydrogen-bond donors (Lipinski definition) is 2. The van der Waals surface area contributed by atoms with Crippen molar-refractivity contribution in [3.8, 4) is 0 Å². The van der Waals surface area contributed by atoms with Crippen LogP contribution in [-0.4, -0.2) is 42.9 Å². The van der Waals surface area contributed by atoms with E-state index in [1.165, 1.54) is 0 Å². The Labute approximate surface area is 66.7 Å². The van der Waals surface area contributed by atoms with Crippen LogP contribution in [0.25, 0.3) is 0 Å². The summed E-state index contributed by atoms with van der Waals surface area (Å²) in [7, 11) is 0. The van der Waals surface area contributed by atoms with E-state index >= 15 is 0 Å². The zero-order chi connectivity index (χ0) is 8.53. The van der Waals surface area contributed by atoms with Crippen molar-refractivity contribution in [2.75, 3.05) is 26.4 Å². The summed E-state index contributed by atoms with van der Waals surface area (Å²) in [5.74, 6) is 0. The first-order chi connectivity index (χ1) is 5.31. The number of ether oxygens (including phenoxy) is 2. The van der Waals surface area contributed by atoms with Gasteiger partial charge in [0.25, 0.3) is 0 Å². The lowest BCUT2D eigenvalue weighted by atomic mass is 10.5. The molecule has 0 bridgehead atoms. The molecule has 1 atom stereocenters. The fourth-order valence-corrected chi connectivity index (χ4v) is 0.528. The van der Waals surface area contributed by atoms with E-state index in [-0.39, 0.29) is 6.61 Å². The molecule has 0 spiro atoms. The van der Waals surface area contributed by atoms with E-state index in [0.29, 0.717) is 26.2 Å². The van der Waals surface area contributed by atoms with Crippen molar-refractivity contribution in [1.82, 2.24) is 0 Å². The maximum Gasteiger partial charge on any atom is 0.154 e. The van der Waals surface area contributed by atoms with E-state index in [9.17, 15) is 0 Å². The van der Waals surface area contributed by atoms with Gasteiger partial charge in [-0.25, -0.2) is 0 Å². The summed E-state index contributed by atoms with van der Waals surface area (Å²) in [6, 6.07) is 0. The minimum Gasteiger partial charge on any atom is -0.394 e. The summed E-state index contributed by atoms with van der Waals surface area (Å²) >= 11 is 0. The number of aliphatic hydroxyl groups excluding tert-OH is 2. The highest BCUT2D eigenvalue weighted by Crippen LogP contribution is 1.91. The number of rotatable bonds is 7. The fraction of sp³-hybridized carbons (Fsp3) is 1.00. The molecule has 0 amide bonds. The zero-order valence-corrected chi connectivity index (χ0v) is 6.82. The second kappa shape index (κ2) is 7.94. The Balaban J connectivity index is 2.89. The molecule has 0 aromatic heterocycles. The summed E-state index contributed by atoms with van der Waals surface area (Å²) < 4.78 is 9.78. The summed E-state index contributed by atoms with van der Waals surface area (Å²) in [5.41, 5.74) is 0. The van der Waals surface area contributed by atoms with Crippen molar-refractivity contribution in [3.63, 3.8) is 0 Å². The van der Waals surface area contributed by atoms with Crippen LogP contribution in [-0.2, 0) is 9.47 Å². The Bertz CT molecular complexity index is 76.8. The van der Waals surface area contributed by atoms with Gasteiger partial charge in [-0.05, 0) is 6.42 Å². The van der Waals surface area contributed by atoms with Crippen LogP contribution in [0.2, 0.25) is 0 Å². The van der Waals surface area contributed by atoms with Gasteiger partial charge in [-0.15, -0.1) is 0 Å². The topological polar surface area (TPSA) is 58.9 Å². The molecule has 0 rings (SSSR count). The molecule has 0 aromatic carbocycles. The maximum atomic E-state index is 8.89. The van der Waals surface area contributed by atoms with Crippen LogP contribution in [0.4, 0.5) is 0 Å². The summed E-state index contributed by atoms with van der Waals surface area (Å²) in [6.07, 6.45) is -0.104. The predicted octanol–water partition coefficient (Wildman–Crippen LogP) is -0.260. The van der Waals surface area contributed by atoms with E-state index in [2.05, 4.69) is 0 Å². The average molecular weight is 164 g/mol. The molecule has 0 heterocycles. The summed E-state index contributed by atoms with van der Waals surface area (Å²) in [6.45, 7) is 2.97. The number of hydrogen-bond acceptors (Lipinski definition) is 4. The molecule has 68 valence electrons. The Morgan fingerprint density at radius 2 is 2.00 bits per heavy atom. The Morgan fingerprint density at radius 3 is 2.55 bits per heavy atom. The van der Waals surface area contributed by atoms with Crippen LogP contribution in [0.15, 0.2) is 0 Å². The van der Waals surface area contributed by atoms with Gasteiger partial charge < -0.3 is 19.7 Å². The molecule has 0 aliphatic heterocycles. The van der Waals surface area contributed by atoms with Crippen molar-refractivity contribution >= 4 is 0 Å². The van der Waals surface area contributed by atoms with Gasteiger partial charge in [-0.2, -0.15) is 0 Å². The predicted molar refractivity (Wildman–Crippen MR) is 40.2 cm³/mol. The van der Waals surface area contributed by atoms with Crippen LogP contribution in [0.1, 0.15) is 13.3 Å². The molecule has 0 radical (unpaired) electrons. The molecule has 4 nitrogen and oxygen atoms in total. The average Bonchev–Trinajstić information content (AvgIpc) is 2.04. The van der Waals surface area contributed by atoms with Crippen LogP contribution in [0.5, 0.6) is 0 Å². The molecule has 0 fully saturated rings. The SMILES string of the molecule is CCC(O)OCCOCCO. The summed E-state index contributed by atoms with van der Waals surface area (Å²) in [5, 5.41) is 17.2. The van der Waals surface area contributed by atoms with E-state index in [0.717, 1.165) is 0 Å². The van der Waals surface area contributed by atoms with Gasteiger partial charge in [0.2, 0.25) is 0 Å². The van der Waals surface area contributed by atoms with Crippen LogP contribution in [0, 0.1) is 0 Å². The molecular weight excluding hydrogens is 148 g/mol. The molecule has 0 saturated heterocycles. The van der Waals surface area contributed by atoms with E-state index in [4.69, 9.17) is 19.7 Å². The maximum absolute atomic E-state index is 8.89. The van der Waals surface area contributed by atoms with E-state index in [1.54, 1.807) is 0 Å². The molecule has 1 unspecified atom stereocenters. The highest BCUT2D eigenvalue weighted by atomic mass is 16.6. The van der Waals surface area contributed by atoms with Crippen LogP contribution < -0.4 is 0 Å². The molecule has 11 heavy (non-hydrogen) atoms. The van der Waals surface area contributed by atoms with Crippen molar-refractivity contribution in [3.05, 3.63) is 0 Å². The van der Waals surface area contributed by atoms with Crippen molar-refractivity contribution in [2.24, 2.45) is 0 Å². The van der Waals surface area contributed by atoms with Crippen molar-refractivity contribution in [2.45, 2.75) is 19.6 Å². The second-order valence-corrected chi connectivity index (χ2v) is 2.07. The van der Waals surface area contributed by atoms with Crippen LogP contribution in [0.3, 0.4) is 0 Å². The second-order valence-electron chi connectivity index (χ2n) is 2.07. The molecule has 2 N–H and O–H groups in total. The largest absolute Gasteiger partial charge is 0.394 e. The van der Waals surface area contributed by atoms with Gasteiger partial charge in [0.15, 0.2) is 6.29 Å². The lowest BCUT2D eigenvalue weighted by Crippen LogP contribution is -2.15. The van der Waals surface area contributed by atoms with Crippen LogP contribution >= 0.6 is 0 Å². The molecule has 0 aliphatic rings. The third-order valence-corrected chi connectivity index (χ3v) is 1.12. The van der Waals surface area contributed by atoms with E-state index < -0.39 is 6.29 Å². The molecule has 0 saturated carbocycles. The Hall–Kier alpha value is -0.160. The minimum atomic E-state index is -0.687. The van der Waals surface area contributed by atoms with Crippen molar-refractivity contribution < 1.29 is 19.7 Å². The standard InChI is InChI=1S/C7H16O4/c1-2-7(9)11-6-5-10-4-3-8/h7-9H,2-6H2,1H3. The third-order valence-electron chi connectivity index (χ3n) is 1.12. The zero-order valence-electron chi connectivity index (χ0n) is 6.82.